The maximum Gasteiger partial charge on any atom is 0.277 e. The van der Waals surface area contributed by atoms with Crippen LogP contribution in [0.1, 0.15) is 12.8 Å². The van der Waals surface area contributed by atoms with Crippen LogP contribution in [0.2, 0.25) is 15.1 Å². The van der Waals surface area contributed by atoms with Crippen LogP contribution in [0.4, 0.5) is 5.69 Å². The number of hydrogen-bond acceptors (Lipinski definition) is 6. The lowest BCUT2D eigenvalue weighted by Crippen LogP contribution is -2.19. The molecule has 142 valence electrons. The summed E-state index contributed by atoms with van der Waals surface area (Å²) in [5.41, 5.74) is 0.837. The highest BCUT2D eigenvalue weighted by Gasteiger charge is 2.25. The summed E-state index contributed by atoms with van der Waals surface area (Å²) < 4.78 is 5.53. The van der Waals surface area contributed by atoms with Gasteiger partial charge in [0.2, 0.25) is 11.8 Å². The fourth-order valence-corrected chi connectivity index (χ4v) is 3.84. The van der Waals surface area contributed by atoms with E-state index in [4.69, 9.17) is 39.2 Å². The number of carbonyl (C=O) groups excluding carboxylic acids is 1. The van der Waals surface area contributed by atoms with Crippen molar-refractivity contribution in [3.8, 4) is 0 Å². The molecule has 0 fully saturated rings. The van der Waals surface area contributed by atoms with Gasteiger partial charge in [-0.15, -0.1) is 10.2 Å². The summed E-state index contributed by atoms with van der Waals surface area (Å²) >= 11 is 19.0. The third-order valence-corrected chi connectivity index (χ3v) is 5.39. The molecular formula is C17H14Cl3N3O3S. The average molecular weight is 447 g/mol. The maximum atomic E-state index is 12.1. The van der Waals surface area contributed by atoms with Gasteiger partial charge in [-0.2, -0.15) is 0 Å². The van der Waals surface area contributed by atoms with Gasteiger partial charge < -0.3 is 14.8 Å². The van der Waals surface area contributed by atoms with E-state index in [2.05, 4.69) is 15.5 Å². The molecule has 1 aromatic heterocycles. The smallest absolute Gasteiger partial charge is 0.277 e. The van der Waals surface area contributed by atoms with E-state index in [0.717, 1.165) is 11.8 Å². The Hall–Kier alpha value is -1.51. The summed E-state index contributed by atoms with van der Waals surface area (Å²) in [5.74, 6) is -0.160. The molecule has 0 aliphatic heterocycles. The first-order valence-electron chi connectivity index (χ1n) is 7.82. The molecule has 3 rings (SSSR count). The first-order chi connectivity index (χ1) is 12.8. The first kappa shape index (κ1) is 20.2. The summed E-state index contributed by atoms with van der Waals surface area (Å²) in [5, 5.41) is 21.7. The number of rotatable bonds is 5. The number of aliphatic hydroxyl groups is 1. The first-order valence-corrected chi connectivity index (χ1v) is 9.94. The second-order valence-corrected chi connectivity index (χ2v) is 7.94. The van der Waals surface area contributed by atoms with Crippen molar-refractivity contribution in [2.24, 2.45) is 5.92 Å². The van der Waals surface area contributed by atoms with Crippen molar-refractivity contribution in [3.05, 3.63) is 51.3 Å². The zero-order valence-electron chi connectivity index (χ0n) is 13.9. The highest BCUT2D eigenvalue weighted by molar-refractivity contribution is 7.99. The molecule has 27 heavy (non-hydrogen) atoms. The molecule has 6 nitrogen and oxygen atoms in total. The number of thioether (sulfide) groups is 1. The van der Waals surface area contributed by atoms with Gasteiger partial charge in [-0.05, 0) is 12.1 Å². The predicted molar refractivity (Wildman–Crippen MR) is 107 cm³/mol. The van der Waals surface area contributed by atoms with Gasteiger partial charge in [-0.1, -0.05) is 71.7 Å². The number of allylic oxidation sites excluding steroid dienone is 2. The van der Waals surface area contributed by atoms with Crippen LogP contribution < -0.4 is 5.32 Å². The number of benzene rings is 1. The highest BCUT2D eigenvalue weighted by atomic mass is 35.5. The number of amides is 1. The zero-order valence-corrected chi connectivity index (χ0v) is 17.0. The summed E-state index contributed by atoms with van der Waals surface area (Å²) in [6.45, 7) is 1.89. The van der Waals surface area contributed by atoms with Crippen LogP contribution in [0.15, 0.2) is 40.0 Å². The van der Waals surface area contributed by atoms with Gasteiger partial charge in [0, 0.05) is 16.5 Å². The fourth-order valence-electron chi connectivity index (χ4n) is 2.37. The molecule has 1 aliphatic rings. The number of aromatic nitrogens is 2. The topological polar surface area (TPSA) is 88.3 Å². The number of nitrogens with zero attached hydrogens (tertiary/aromatic N) is 2. The Morgan fingerprint density at radius 1 is 1.30 bits per heavy atom. The quantitative estimate of drug-likeness (QED) is 0.647. The van der Waals surface area contributed by atoms with Crippen LogP contribution in [0.5, 0.6) is 0 Å². The number of halogens is 3. The van der Waals surface area contributed by atoms with E-state index in [9.17, 15) is 9.90 Å². The van der Waals surface area contributed by atoms with Gasteiger partial charge in [0.15, 0.2) is 0 Å². The maximum absolute atomic E-state index is 12.1. The van der Waals surface area contributed by atoms with Crippen LogP contribution in [0, 0.1) is 5.92 Å². The van der Waals surface area contributed by atoms with E-state index in [1.165, 1.54) is 12.1 Å². The molecule has 0 radical (unpaired) electrons. The van der Waals surface area contributed by atoms with Crippen molar-refractivity contribution in [2.45, 2.75) is 18.3 Å². The molecule has 2 aromatic rings. The molecule has 0 bridgehead atoms. The van der Waals surface area contributed by atoms with Gasteiger partial charge in [0.25, 0.3) is 5.22 Å². The Labute approximate surface area is 174 Å². The van der Waals surface area contributed by atoms with E-state index in [0.29, 0.717) is 10.6 Å². The lowest BCUT2D eigenvalue weighted by Gasteiger charge is -2.19. The van der Waals surface area contributed by atoms with Gasteiger partial charge in [0.1, 0.15) is 0 Å². The normalized spacial score (nSPS) is 19.1. The van der Waals surface area contributed by atoms with Crippen LogP contribution in [-0.2, 0) is 4.79 Å². The number of aliphatic hydroxyl groups excluding tert-OH is 1. The van der Waals surface area contributed by atoms with Crippen LogP contribution in [-0.4, -0.2) is 33.1 Å². The second-order valence-electron chi connectivity index (χ2n) is 5.77. The lowest BCUT2D eigenvalue weighted by atomic mass is 9.92. The van der Waals surface area contributed by atoms with Gasteiger partial charge in [0.05, 0.1) is 27.6 Å². The average Bonchev–Trinajstić information content (AvgIpc) is 3.07. The minimum absolute atomic E-state index is 0.00875. The van der Waals surface area contributed by atoms with Crippen molar-refractivity contribution in [2.75, 3.05) is 11.1 Å². The Bertz CT molecular complexity index is 906. The van der Waals surface area contributed by atoms with Crippen molar-refractivity contribution in [1.82, 2.24) is 10.2 Å². The molecule has 0 saturated carbocycles. The number of hydrogen-bond donors (Lipinski definition) is 2. The molecule has 0 spiro atoms. The number of nitrogens with one attached hydrogen (secondary N) is 1. The molecule has 1 aromatic carbocycles. The van der Waals surface area contributed by atoms with Gasteiger partial charge in [-0.25, -0.2) is 0 Å². The summed E-state index contributed by atoms with van der Waals surface area (Å²) in [4.78, 5) is 12.1. The predicted octanol–water partition coefficient (Wildman–Crippen LogP) is 4.71. The van der Waals surface area contributed by atoms with Crippen molar-refractivity contribution in [3.63, 3.8) is 0 Å². The Morgan fingerprint density at radius 3 is 2.70 bits per heavy atom. The number of carbonyl (C=O) groups is 1. The molecular weight excluding hydrogens is 433 g/mol. The molecule has 2 atom stereocenters. The molecule has 1 aliphatic carbocycles. The van der Waals surface area contributed by atoms with E-state index in [1.54, 1.807) is 6.08 Å². The van der Waals surface area contributed by atoms with E-state index in [1.807, 2.05) is 19.1 Å². The van der Waals surface area contributed by atoms with E-state index >= 15 is 0 Å². The monoisotopic (exact) mass is 445 g/mol. The molecule has 0 saturated heterocycles. The SMILES string of the molecule is CC1C=CC=C(c2nnc(SCC(=O)Nc3c(Cl)cc(Cl)cc3Cl)o2)C1O. The summed E-state index contributed by atoms with van der Waals surface area (Å²) in [6, 6.07) is 2.97. The fraction of sp³-hybridized carbons (Fsp3) is 0.235. The molecule has 2 unspecified atom stereocenters. The van der Waals surface area contributed by atoms with Crippen molar-refractivity contribution < 1.29 is 14.3 Å². The van der Waals surface area contributed by atoms with Crippen LogP contribution in [0.3, 0.4) is 0 Å². The van der Waals surface area contributed by atoms with Gasteiger partial charge >= 0.3 is 0 Å². The molecule has 2 N–H and O–H groups in total. The Balaban J connectivity index is 1.61. The Morgan fingerprint density at radius 2 is 2.00 bits per heavy atom. The van der Waals surface area contributed by atoms with Crippen molar-refractivity contribution >= 4 is 63.7 Å². The zero-order chi connectivity index (χ0) is 19.6. The van der Waals surface area contributed by atoms with Crippen LogP contribution in [0.25, 0.3) is 5.57 Å². The standard InChI is InChI=1S/C17H14Cl3N3O3S/c1-8-3-2-4-10(15(8)25)16-22-23-17(26-16)27-7-13(24)21-14-11(19)5-9(18)6-12(14)20/h2-6,8,15,25H,7H2,1H3,(H,21,24). The Kier molecular flexibility index (Phi) is 6.49. The summed E-state index contributed by atoms with van der Waals surface area (Å²) in [6.07, 6.45) is 4.73. The second kappa shape index (κ2) is 8.67. The minimum Gasteiger partial charge on any atom is -0.411 e. The van der Waals surface area contributed by atoms with Crippen molar-refractivity contribution in [1.29, 1.82) is 0 Å². The molecule has 1 amide bonds. The van der Waals surface area contributed by atoms with Crippen LogP contribution >= 0.6 is 46.6 Å². The third kappa shape index (κ3) is 4.86. The van der Waals surface area contributed by atoms with E-state index in [-0.39, 0.29) is 44.4 Å². The lowest BCUT2D eigenvalue weighted by molar-refractivity contribution is -0.113. The number of anilines is 1. The minimum atomic E-state index is -0.717. The molecule has 1 heterocycles. The third-order valence-electron chi connectivity index (χ3n) is 3.76. The van der Waals surface area contributed by atoms with E-state index < -0.39 is 6.10 Å². The summed E-state index contributed by atoms with van der Waals surface area (Å²) in [7, 11) is 0. The highest BCUT2D eigenvalue weighted by Crippen LogP contribution is 2.34. The largest absolute Gasteiger partial charge is 0.411 e. The van der Waals surface area contributed by atoms with Gasteiger partial charge in [-0.3, -0.25) is 4.79 Å². The molecule has 10 heteroatoms.